The van der Waals surface area contributed by atoms with Crippen molar-refractivity contribution in [1.29, 1.82) is 5.26 Å². The third-order valence-electron chi connectivity index (χ3n) is 4.20. The summed E-state index contributed by atoms with van der Waals surface area (Å²) < 4.78 is 26.3. The van der Waals surface area contributed by atoms with Crippen LogP contribution in [0.3, 0.4) is 0 Å². The zero-order valence-electron chi connectivity index (χ0n) is 16.1. The van der Waals surface area contributed by atoms with E-state index in [0.717, 1.165) is 0 Å². The minimum absolute atomic E-state index is 0.0348. The lowest BCUT2D eigenvalue weighted by Gasteiger charge is -2.29. The van der Waals surface area contributed by atoms with Gasteiger partial charge in [0.05, 0.1) is 4.90 Å². The molecule has 2 aromatic rings. The Morgan fingerprint density at radius 1 is 1.03 bits per heavy atom. The van der Waals surface area contributed by atoms with E-state index in [1.54, 1.807) is 18.2 Å². The van der Waals surface area contributed by atoms with Gasteiger partial charge in [-0.2, -0.15) is 5.26 Å². The van der Waals surface area contributed by atoms with Gasteiger partial charge in [-0.15, -0.1) is 0 Å². The van der Waals surface area contributed by atoms with Crippen molar-refractivity contribution >= 4 is 50.3 Å². The second-order valence-corrected chi connectivity index (χ2v) is 10.1. The summed E-state index contributed by atoms with van der Waals surface area (Å²) in [7, 11) is -4.12. The van der Waals surface area contributed by atoms with Crippen LogP contribution in [0.15, 0.2) is 58.1 Å². The molecule has 0 saturated heterocycles. The van der Waals surface area contributed by atoms with E-state index in [1.807, 2.05) is 26.8 Å². The van der Waals surface area contributed by atoms with E-state index in [1.165, 1.54) is 24.3 Å². The number of nitrogens with one attached hydrogen (secondary N) is 2. The number of sulfone groups is 1. The van der Waals surface area contributed by atoms with Crippen LogP contribution in [0.2, 0.25) is 15.1 Å². The van der Waals surface area contributed by atoms with Gasteiger partial charge in [0.25, 0.3) is 0 Å². The highest BCUT2D eigenvalue weighted by atomic mass is 35.5. The van der Waals surface area contributed by atoms with Crippen LogP contribution < -0.4 is 10.6 Å². The maximum atomic E-state index is 13.2. The van der Waals surface area contributed by atoms with Crippen molar-refractivity contribution in [2.45, 2.75) is 37.6 Å². The Bertz CT molecular complexity index is 1050. The first-order chi connectivity index (χ1) is 13.5. The second kappa shape index (κ2) is 9.27. The van der Waals surface area contributed by atoms with Gasteiger partial charge < -0.3 is 10.6 Å². The van der Waals surface area contributed by atoms with Gasteiger partial charge in [-0.05, 0) is 62.7 Å². The van der Waals surface area contributed by atoms with E-state index < -0.39 is 20.3 Å². The number of hydrogen-bond acceptors (Lipinski definition) is 5. The fourth-order valence-corrected chi connectivity index (χ4v) is 4.20. The van der Waals surface area contributed by atoms with Crippen LogP contribution in [0.25, 0.3) is 0 Å². The van der Waals surface area contributed by atoms with Crippen LogP contribution in [0.1, 0.15) is 27.2 Å². The lowest BCUT2D eigenvalue weighted by molar-refractivity contribution is 0.415. The molecule has 0 fully saturated rings. The molecule has 0 saturated carbocycles. The Labute approximate surface area is 186 Å². The van der Waals surface area contributed by atoms with Gasteiger partial charge in [0.1, 0.15) is 11.9 Å². The minimum Gasteiger partial charge on any atom is -0.365 e. The van der Waals surface area contributed by atoms with Crippen molar-refractivity contribution < 1.29 is 8.42 Å². The highest BCUT2D eigenvalue weighted by molar-refractivity contribution is 7.95. The molecule has 0 radical (unpaired) electrons. The van der Waals surface area contributed by atoms with Gasteiger partial charge in [-0.1, -0.05) is 41.7 Å². The quantitative estimate of drug-likeness (QED) is 0.483. The highest BCUT2D eigenvalue weighted by Gasteiger charge is 2.28. The summed E-state index contributed by atoms with van der Waals surface area (Å²) in [5.41, 5.74) is -0.0570. The Kier molecular flexibility index (Phi) is 7.47. The molecule has 2 rings (SSSR count). The van der Waals surface area contributed by atoms with Crippen LogP contribution in [-0.4, -0.2) is 14.0 Å². The first-order valence-corrected chi connectivity index (χ1v) is 11.3. The monoisotopic (exact) mass is 471 g/mol. The maximum absolute atomic E-state index is 13.2. The number of nitrogens with zero attached hydrogens (tertiary/aromatic N) is 1. The summed E-state index contributed by atoms with van der Waals surface area (Å²) in [4.78, 5) is -0.504. The Morgan fingerprint density at radius 2 is 1.59 bits per heavy atom. The van der Waals surface area contributed by atoms with Crippen LogP contribution in [0, 0.1) is 11.3 Å². The molecule has 0 spiro atoms. The van der Waals surface area contributed by atoms with Crippen molar-refractivity contribution in [3.05, 3.63) is 68.3 Å². The molecule has 29 heavy (non-hydrogen) atoms. The fourth-order valence-electron chi connectivity index (χ4n) is 2.32. The molecule has 0 atom stereocenters. The lowest BCUT2D eigenvalue weighted by Crippen LogP contribution is -2.41. The number of nitriles is 1. The smallest absolute Gasteiger partial charge is 0.220 e. The minimum atomic E-state index is -4.12. The molecule has 2 N–H and O–H groups in total. The third-order valence-corrected chi connectivity index (χ3v) is 6.61. The topological polar surface area (TPSA) is 82.0 Å². The van der Waals surface area contributed by atoms with Crippen molar-refractivity contribution in [1.82, 2.24) is 5.32 Å². The summed E-state index contributed by atoms with van der Waals surface area (Å²) in [5, 5.41) is 17.0. The molecule has 154 valence electrons. The molecule has 0 bridgehead atoms. The maximum Gasteiger partial charge on any atom is 0.220 e. The summed E-state index contributed by atoms with van der Waals surface area (Å²) in [6.07, 6.45) is 0.675. The molecule has 0 unspecified atom stereocenters. The molecular weight excluding hydrogens is 453 g/mol. The predicted molar refractivity (Wildman–Crippen MR) is 119 cm³/mol. The van der Waals surface area contributed by atoms with Crippen molar-refractivity contribution in [3.8, 4) is 6.07 Å². The second-order valence-electron chi connectivity index (χ2n) is 6.92. The Balaban J connectivity index is 2.65. The summed E-state index contributed by atoms with van der Waals surface area (Å²) in [6, 6.07) is 12.2. The van der Waals surface area contributed by atoms with Gasteiger partial charge in [-0.25, -0.2) is 8.42 Å². The van der Waals surface area contributed by atoms with E-state index in [4.69, 9.17) is 34.8 Å². The van der Waals surface area contributed by atoms with Gasteiger partial charge in [0.2, 0.25) is 9.84 Å². The van der Waals surface area contributed by atoms with Gasteiger partial charge >= 0.3 is 0 Å². The number of halogens is 3. The number of allylic oxidation sites excluding steroid dienone is 1. The van der Waals surface area contributed by atoms with Crippen LogP contribution in [-0.2, 0) is 9.84 Å². The highest BCUT2D eigenvalue weighted by Crippen LogP contribution is 2.27. The summed E-state index contributed by atoms with van der Waals surface area (Å²) in [6.45, 7) is 5.73. The van der Waals surface area contributed by atoms with E-state index in [-0.39, 0.29) is 10.7 Å². The zero-order valence-corrected chi connectivity index (χ0v) is 19.1. The summed E-state index contributed by atoms with van der Waals surface area (Å²) in [5.74, 6) is 0.0348. The predicted octanol–water partition coefficient (Wildman–Crippen LogP) is 6.00. The van der Waals surface area contributed by atoms with Crippen LogP contribution in [0.4, 0.5) is 5.69 Å². The van der Waals surface area contributed by atoms with E-state index in [2.05, 4.69) is 10.6 Å². The molecule has 0 heterocycles. The average Bonchev–Trinajstić information content (AvgIpc) is 2.61. The largest absolute Gasteiger partial charge is 0.365 e. The van der Waals surface area contributed by atoms with Gasteiger partial charge in [0.15, 0.2) is 4.91 Å². The van der Waals surface area contributed by atoms with E-state index >= 15 is 0 Å². The van der Waals surface area contributed by atoms with Crippen molar-refractivity contribution in [2.75, 3.05) is 5.32 Å². The third kappa shape index (κ3) is 6.03. The molecule has 0 aliphatic rings. The molecule has 0 aliphatic heterocycles. The van der Waals surface area contributed by atoms with Crippen molar-refractivity contribution in [2.24, 2.45) is 0 Å². The molecular formula is C20H20Cl3N3O2S. The molecule has 0 aliphatic carbocycles. The van der Waals surface area contributed by atoms with Crippen LogP contribution in [0.5, 0.6) is 0 Å². The lowest BCUT2D eigenvalue weighted by atomic mass is 10.0. The standard InChI is InChI=1S/C20H20Cl3N3O2S/c1-4-20(2,3)26-19(25-16-10-14(22)9-15(23)11-16)18(12-24)29(27,28)17-7-5-13(21)6-8-17/h5-11,25-26H,4H2,1-3H3/b19-18-. The fraction of sp³-hybridized carbons (Fsp3) is 0.250. The van der Waals surface area contributed by atoms with Gasteiger partial charge in [-0.3, -0.25) is 0 Å². The van der Waals surface area contributed by atoms with Crippen LogP contribution >= 0.6 is 34.8 Å². The number of hydrogen-bond donors (Lipinski definition) is 2. The first-order valence-electron chi connectivity index (χ1n) is 8.65. The molecule has 9 heteroatoms. The average molecular weight is 473 g/mol. The molecule has 2 aromatic carbocycles. The Hall–Kier alpha value is -1.91. The van der Waals surface area contributed by atoms with Crippen molar-refractivity contribution in [3.63, 3.8) is 0 Å². The SMILES string of the molecule is CCC(C)(C)N/C(Nc1cc(Cl)cc(Cl)c1)=C(/C#N)S(=O)(=O)c1ccc(Cl)cc1. The number of anilines is 1. The van der Waals surface area contributed by atoms with E-state index in [0.29, 0.717) is 27.2 Å². The zero-order chi connectivity index (χ0) is 21.8. The Morgan fingerprint density at radius 3 is 2.07 bits per heavy atom. The number of rotatable bonds is 7. The molecule has 0 aromatic heterocycles. The molecule has 5 nitrogen and oxygen atoms in total. The molecule has 0 amide bonds. The first kappa shape index (κ1) is 23.4. The summed E-state index contributed by atoms with van der Waals surface area (Å²) >= 11 is 18.0. The number of benzene rings is 2. The normalized spacial score (nSPS) is 12.7. The van der Waals surface area contributed by atoms with Gasteiger partial charge in [0, 0.05) is 26.3 Å². The van der Waals surface area contributed by atoms with E-state index in [9.17, 15) is 13.7 Å².